The second-order valence-electron chi connectivity index (χ2n) is 5.94. The molecule has 0 saturated carbocycles. The van der Waals surface area contributed by atoms with E-state index in [2.05, 4.69) is 22.5 Å². The molecule has 4 nitrogen and oxygen atoms in total. The van der Waals surface area contributed by atoms with Gasteiger partial charge in [-0.1, -0.05) is 54.2 Å². The SMILES string of the molecule is O=C1CCC(=O)N1c1ccc(CSc2nc(-c3ccccc3)cs2)cc1. The molecule has 1 saturated heterocycles. The third kappa shape index (κ3) is 3.57. The van der Waals surface area contributed by atoms with Crippen molar-refractivity contribution < 1.29 is 9.59 Å². The van der Waals surface area contributed by atoms with Crippen LogP contribution in [0.2, 0.25) is 0 Å². The molecule has 3 aromatic rings. The minimum absolute atomic E-state index is 0.117. The van der Waals surface area contributed by atoms with Gasteiger partial charge in [-0.25, -0.2) is 4.98 Å². The highest BCUT2D eigenvalue weighted by molar-refractivity contribution is 8.00. The second kappa shape index (κ2) is 7.43. The van der Waals surface area contributed by atoms with E-state index >= 15 is 0 Å². The van der Waals surface area contributed by atoms with Crippen LogP contribution in [-0.2, 0) is 15.3 Å². The van der Waals surface area contributed by atoms with Gasteiger partial charge >= 0.3 is 0 Å². The Kier molecular flexibility index (Phi) is 4.86. The van der Waals surface area contributed by atoms with E-state index < -0.39 is 0 Å². The van der Waals surface area contributed by atoms with E-state index in [1.54, 1.807) is 23.1 Å². The molecule has 2 amide bonds. The zero-order valence-corrected chi connectivity index (χ0v) is 15.6. The number of hydrogen-bond donors (Lipinski definition) is 0. The Morgan fingerprint density at radius 1 is 0.962 bits per heavy atom. The molecule has 0 radical (unpaired) electrons. The fourth-order valence-electron chi connectivity index (χ4n) is 2.82. The van der Waals surface area contributed by atoms with Gasteiger partial charge in [0.05, 0.1) is 11.4 Å². The van der Waals surface area contributed by atoms with Crippen molar-refractivity contribution in [1.82, 2.24) is 4.98 Å². The predicted octanol–water partition coefficient (Wildman–Crippen LogP) is 4.76. The summed E-state index contributed by atoms with van der Waals surface area (Å²) < 4.78 is 1.03. The zero-order chi connectivity index (χ0) is 17.9. The van der Waals surface area contributed by atoms with Crippen LogP contribution in [0.5, 0.6) is 0 Å². The molecule has 0 atom stereocenters. The van der Waals surface area contributed by atoms with Crippen molar-refractivity contribution in [2.45, 2.75) is 22.9 Å². The Morgan fingerprint density at radius 3 is 2.35 bits per heavy atom. The molecule has 130 valence electrons. The molecule has 1 aliphatic heterocycles. The first-order valence-corrected chi connectivity index (χ1v) is 10.2. The van der Waals surface area contributed by atoms with Crippen molar-refractivity contribution in [2.24, 2.45) is 0 Å². The molecule has 0 unspecified atom stereocenters. The maximum atomic E-state index is 11.8. The van der Waals surface area contributed by atoms with Gasteiger partial charge in [0.15, 0.2) is 4.34 Å². The van der Waals surface area contributed by atoms with E-state index in [0.29, 0.717) is 18.5 Å². The van der Waals surface area contributed by atoms with Crippen molar-refractivity contribution in [2.75, 3.05) is 4.90 Å². The minimum atomic E-state index is -0.117. The van der Waals surface area contributed by atoms with E-state index in [9.17, 15) is 9.59 Å². The summed E-state index contributed by atoms with van der Waals surface area (Å²) in [5, 5.41) is 2.07. The second-order valence-corrected chi connectivity index (χ2v) is 8.02. The lowest BCUT2D eigenvalue weighted by Crippen LogP contribution is -2.28. The molecule has 26 heavy (non-hydrogen) atoms. The van der Waals surface area contributed by atoms with Crippen LogP contribution in [0.1, 0.15) is 18.4 Å². The van der Waals surface area contributed by atoms with Gasteiger partial charge in [0, 0.05) is 29.5 Å². The van der Waals surface area contributed by atoms with Gasteiger partial charge in [-0.05, 0) is 17.7 Å². The normalized spacial score (nSPS) is 14.2. The largest absolute Gasteiger partial charge is 0.274 e. The first-order valence-electron chi connectivity index (χ1n) is 8.29. The van der Waals surface area contributed by atoms with E-state index in [1.807, 2.05) is 42.5 Å². The van der Waals surface area contributed by atoms with Crippen LogP contribution < -0.4 is 4.90 Å². The lowest BCUT2D eigenvalue weighted by Gasteiger charge is -2.14. The van der Waals surface area contributed by atoms with E-state index in [0.717, 1.165) is 26.9 Å². The van der Waals surface area contributed by atoms with E-state index in [4.69, 9.17) is 0 Å². The first kappa shape index (κ1) is 17.0. The summed E-state index contributed by atoms with van der Waals surface area (Å²) in [6.07, 6.45) is 0.620. The van der Waals surface area contributed by atoms with Gasteiger partial charge < -0.3 is 0 Å². The number of rotatable bonds is 5. The highest BCUT2D eigenvalue weighted by Crippen LogP contribution is 2.31. The first-order chi connectivity index (χ1) is 12.7. The zero-order valence-electron chi connectivity index (χ0n) is 13.9. The fourth-order valence-corrected chi connectivity index (χ4v) is 4.61. The number of carbonyl (C=O) groups excluding carboxylic acids is 2. The number of hydrogen-bond acceptors (Lipinski definition) is 5. The predicted molar refractivity (Wildman–Crippen MR) is 105 cm³/mol. The number of thioether (sulfide) groups is 1. The Labute approximate surface area is 159 Å². The quantitative estimate of drug-likeness (QED) is 0.473. The summed E-state index contributed by atoms with van der Waals surface area (Å²) in [6, 6.07) is 17.8. The van der Waals surface area contributed by atoms with Crippen LogP contribution in [-0.4, -0.2) is 16.8 Å². The molecule has 2 heterocycles. The number of anilines is 1. The number of benzene rings is 2. The molecule has 2 aromatic carbocycles. The smallest absolute Gasteiger partial charge is 0.234 e. The van der Waals surface area contributed by atoms with Crippen molar-refractivity contribution >= 4 is 40.6 Å². The molecule has 0 N–H and O–H groups in total. The number of carbonyl (C=O) groups is 2. The molecule has 1 aliphatic rings. The van der Waals surface area contributed by atoms with Gasteiger partial charge in [0.2, 0.25) is 11.8 Å². The van der Waals surface area contributed by atoms with Crippen molar-refractivity contribution in [3.63, 3.8) is 0 Å². The number of aromatic nitrogens is 1. The Balaban J connectivity index is 1.40. The van der Waals surface area contributed by atoms with E-state index in [1.165, 1.54) is 4.90 Å². The number of nitrogens with zero attached hydrogens (tertiary/aromatic N) is 2. The molecule has 0 aliphatic carbocycles. The molecule has 0 bridgehead atoms. The third-order valence-corrected chi connectivity index (χ3v) is 6.25. The molecule has 6 heteroatoms. The molecule has 1 fully saturated rings. The maximum Gasteiger partial charge on any atom is 0.234 e. The van der Waals surface area contributed by atoms with Gasteiger partial charge in [0.1, 0.15) is 0 Å². The van der Waals surface area contributed by atoms with Crippen molar-refractivity contribution in [3.05, 3.63) is 65.5 Å². The van der Waals surface area contributed by atoms with Crippen LogP contribution in [0, 0.1) is 0 Å². The summed E-state index contributed by atoms with van der Waals surface area (Å²) in [5.74, 6) is 0.561. The molecular weight excluding hydrogens is 364 g/mol. The Bertz CT molecular complexity index is 920. The molecule has 4 rings (SSSR count). The standard InChI is InChI=1S/C20H16N2O2S2/c23-18-10-11-19(24)22(18)16-8-6-14(7-9-16)12-25-20-21-17(13-26-20)15-4-2-1-3-5-15/h1-9,13H,10-12H2. The number of amides is 2. The average Bonchev–Trinajstić information content (AvgIpc) is 3.28. The molecule has 0 spiro atoms. The summed E-state index contributed by atoms with van der Waals surface area (Å²) in [6.45, 7) is 0. The lowest BCUT2D eigenvalue weighted by molar-refractivity contribution is -0.121. The van der Waals surface area contributed by atoms with Gasteiger partial charge in [-0.2, -0.15) is 0 Å². The van der Waals surface area contributed by atoms with Crippen molar-refractivity contribution in [1.29, 1.82) is 0 Å². The number of thiazole rings is 1. The molecular formula is C20H16N2O2S2. The topological polar surface area (TPSA) is 50.3 Å². The monoisotopic (exact) mass is 380 g/mol. The van der Waals surface area contributed by atoms with Crippen LogP contribution in [0.15, 0.2) is 64.3 Å². The average molecular weight is 380 g/mol. The van der Waals surface area contributed by atoms with Gasteiger partial charge in [0.25, 0.3) is 0 Å². The third-order valence-electron chi connectivity index (χ3n) is 4.16. The summed E-state index contributed by atoms with van der Waals surface area (Å²) in [5.41, 5.74) is 3.92. The number of imide groups is 1. The lowest BCUT2D eigenvalue weighted by atomic mass is 10.2. The minimum Gasteiger partial charge on any atom is -0.274 e. The fraction of sp³-hybridized carbons (Fsp3) is 0.150. The van der Waals surface area contributed by atoms with Gasteiger partial charge in [-0.15, -0.1) is 11.3 Å². The summed E-state index contributed by atoms with van der Waals surface area (Å²) >= 11 is 3.33. The van der Waals surface area contributed by atoms with Crippen LogP contribution in [0.4, 0.5) is 5.69 Å². The summed E-state index contributed by atoms with van der Waals surface area (Å²) in [7, 11) is 0. The molecule has 1 aromatic heterocycles. The van der Waals surface area contributed by atoms with E-state index in [-0.39, 0.29) is 11.8 Å². The highest BCUT2D eigenvalue weighted by atomic mass is 32.2. The van der Waals surface area contributed by atoms with Gasteiger partial charge in [-0.3, -0.25) is 14.5 Å². The van der Waals surface area contributed by atoms with Crippen LogP contribution >= 0.6 is 23.1 Å². The maximum absolute atomic E-state index is 11.8. The Hall–Kier alpha value is -2.44. The van der Waals surface area contributed by atoms with Crippen LogP contribution in [0.25, 0.3) is 11.3 Å². The summed E-state index contributed by atoms with van der Waals surface area (Å²) in [4.78, 5) is 29.5. The highest BCUT2D eigenvalue weighted by Gasteiger charge is 2.29. The van der Waals surface area contributed by atoms with Crippen LogP contribution in [0.3, 0.4) is 0 Å². The Morgan fingerprint density at radius 2 is 1.65 bits per heavy atom. The van der Waals surface area contributed by atoms with Crippen molar-refractivity contribution in [3.8, 4) is 11.3 Å².